The van der Waals surface area contributed by atoms with Crippen LogP contribution in [0.15, 0.2) is 18.2 Å². The maximum atomic E-state index is 10.3. The van der Waals surface area contributed by atoms with E-state index in [1.165, 1.54) is 0 Å². The molecule has 1 aromatic carbocycles. The van der Waals surface area contributed by atoms with Gasteiger partial charge in [-0.25, -0.2) is 0 Å². The fourth-order valence-corrected chi connectivity index (χ4v) is 2.52. The van der Waals surface area contributed by atoms with Crippen LogP contribution >= 0.6 is 0 Å². The van der Waals surface area contributed by atoms with E-state index in [1.807, 2.05) is 18.2 Å². The van der Waals surface area contributed by atoms with E-state index < -0.39 is 6.10 Å². The van der Waals surface area contributed by atoms with E-state index in [0.717, 1.165) is 43.0 Å². The molecular weight excluding hydrogens is 218 g/mol. The van der Waals surface area contributed by atoms with Gasteiger partial charge in [0.25, 0.3) is 0 Å². The third-order valence-corrected chi connectivity index (χ3v) is 3.52. The number of hydrogen-bond acceptors (Lipinski definition) is 4. The zero-order valence-electron chi connectivity index (χ0n) is 9.69. The normalized spacial score (nSPS) is 24.6. The summed E-state index contributed by atoms with van der Waals surface area (Å²) in [5.74, 6) is 1.80. The van der Waals surface area contributed by atoms with Crippen molar-refractivity contribution in [1.29, 1.82) is 0 Å². The second-order valence-electron chi connectivity index (χ2n) is 4.66. The molecule has 0 aromatic heterocycles. The largest absolute Gasteiger partial charge is 0.454 e. The predicted molar refractivity (Wildman–Crippen MR) is 63.1 cm³/mol. The molecule has 4 heteroatoms. The second-order valence-corrected chi connectivity index (χ2v) is 4.66. The van der Waals surface area contributed by atoms with Crippen molar-refractivity contribution in [3.8, 4) is 11.5 Å². The maximum Gasteiger partial charge on any atom is 0.231 e. The molecule has 1 fully saturated rings. The highest BCUT2D eigenvalue weighted by atomic mass is 16.7. The van der Waals surface area contributed by atoms with Gasteiger partial charge in [-0.15, -0.1) is 0 Å². The minimum Gasteiger partial charge on any atom is -0.454 e. The van der Waals surface area contributed by atoms with Gasteiger partial charge in [0.05, 0.1) is 6.10 Å². The highest BCUT2D eigenvalue weighted by Crippen LogP contribution is 2.36. The Labute approximate surface area is 101 Å². The number of aliphatic hydroxyl groups is 1. The van der Waals surface area contributed by atoms with Crippen molar-refractivity contribution < 1.29 is 14.6 Å². The summed E-state index contributed by atoms with van der Waals surface area (Å²) in [7, 11) is 0. The fourth-order valence-electron chi connectivity index (χ4n) is 2.52. The number of ether oxygens (including phenoxy) is 2. The summed E-state index contributed by atoms with van der Waals surface area (Å²) < 4.78 is 10.6. The van der Waals surface area contributed by atoms with Gasteiger partial charge < -0.3 is 19.9 Å². The predicted octanol–water partition coefficient (Wildman–Crippen LogP) is 1.45. The summed E-state index contributed by atoms with van der Waals surface area (Å²) in [4.78, 5) is 0. The van der Waals surface area contributed by atoms with Gasteiger partial charge >= 0.3 is 0 Å². The minimum atomic E-state index is -0.419. The van der Waals surface area contributed by atoms with Gasteiger partial charge in [0.2, 0.25) is 6.79 Å². The first-order valence-corrected chi connectivity index (χ1v) is 6.13. The smallest absolute Gasteiger partial charge is 0.231 e. The summed E-state index contributed by atoms with van der Waals surface area (Å²) in [5, 5.41) is 13.7. The monoisotopic (exact) mass is 235 g/mol. The molecule has 1 saturated heterocycles. The number of rotatable bonds is 2. The molecule has 0 saturated carbocycles. The van der Waals surface area contributed by atoms with E-state index >= 15 is 0 Å². The zero-order chi connectivity index (χ0) is 11.7. The van der Waals surface area contributed by atoms with Gasteiger partial charge in [-0.3, -0.25) is 0 Å². The average Bonchev–Trinajstić information content (AvgIpc) is 2.86. The van der Waals surface area contributed by atoms with Crippen LogP contribution in [0.2, 0.25) is 0 Å². The molecule has 0 amide bonds. The molecule has 1 aromatic rings. The van der Waals surface area contributed by atoms with Crippen molar-refractivity contribution in [1.82, 2.24) is 5.32 Å². The van der Waals surface area contributed by atoms with Crippen molar-refractivity contribution in [2.75, 3.05) is 19.9 Å². The molecule has 2 atom stereocenters. The van der Waals surface area contributed by atoms with E-state index in [-0.39, 0.29) is 6.79 Å². The quantitative estimate of drug-likeness (QED) is 0.814. The van der Waals surface area contributed by atoms with Crippen LogP contribution in [-0.4, -0.2) is 25.0 Å². The lowest BCUT2D eigenvalue weighted by molar-refractivity contribution is 0.0919. The number of fused-ring (bicyclic) bond motifs is 1. The molecule has 4 nitrogen and oxygen atoms in total. The van der Waals surface area contributed by atoms with Gasteiger partial charge in [0, 0.05) is 12.5 Å². The zero-order valence-corrected chi connectivity index (χ0v) is 9.69. The first kappa shape index (κ1) is 10.9. The standard InChI is InChI=1S/C13H17NO3/c15-13(10-2-1-5-14-7-10)9-3-4-11-12(6-9)17-8-16-11/h3-4,6,10,13-15H,1-2,5,7-8H2. The molecule has 0 aliphatic carbocycles. The number of aliphatic hydroxyl groups excluding tert-OH is 1. The van der Waals surface area contributed by atoms with Gasteiger partial charge in [-0.1, -0.05) is 6.07 Å². The molecule has 2 aliphatic rings. The molecule has 0 spiro atoms. The molecule has 2 N–H and O–H groups in total. The van der Waals surface area contributed by atoms with Crippen molar-refractivity contribution in [3.63, 3.8) is 0 Å². The van der Waals surface area contributed by atoms with E-state index in [9.17, 15) is 5.11 Å². The van der Waals surface area contributed by atoms with Crippen LogP contribution in [-0.2, 0) is 0 Å². The third-order valence-electron chi connectivity index (χ3n) is 3.52. The Balaban J connectivity index is 1.78. The van der Waals surface area contributed by atoms with Crippen LogP contribution in [0.3, 0.4) is 0 Å². The Hall–Kier alpha value is -1.26. The Morgan fingerprint density at radius 2 is 2.18 bits per heavy atom. The second kappa shape index (κ2) is 4.55. The van der Waals surface area contributed by atoms with Gasteiger partial charge in [0.1, 0.15) is 0 Å². The van der Waals surface area contributed by atoms with Crippen LogP contribution in [0, 0.1) is 5.92 Å². The van der Waals surface area contributed by atoms with Gasteiger partial charge in [-0.05, 0) is 37.1 Å². The van der Waals surface area contributed by atoms with Crippen LogP contribution in [0.1, 0.15) is 24.5 Å². The summed E-state index contributed by atoms with van der Waals surface area (Å²) in [6.07, 6.45) is 1.78. The number of nitrogens with one attached hydrogen (secondary N) is 1. The number of piperidine rings is 1. The van der Waals surface area contributed by atoms with E-state index in [4.69, 9.17) is 9.47 Å². The molecule has 17 heavy (non-hydrogen) atoms. The summed E-state index contributed by atoms with van der Waals surface area (Å²) in [5.41, 5.74) is 0.919. The first-order chi connectivity index (χ1) is 8.34. The van der Waals surface area contributed by atoms with Crippen LogP contribution in [0.5, 0.6) is 11.5 Å². The molecule has 92 valence electrons. The van der Waals surface area contributed by atoms with E-state index in [1.54, 1.807) is 0 Å². The lowest BCUT2D eigenvalue weighted by Gasteiger charge is -2.27. The van der Waals surface area contributed by atoms with Crippen molar-refractivity contribution in [3.05, 3.63) is 23.8 Å². The Morgan fingerprint density at radius 1 is 1.29 bits per heavy atom. The Morgan fingerprint density at radius 3 is 3.00 bits per heavy atom. The Kier molecular flexibility index (Phi) is 2.91. The van der Waals surface area contributed by atoms with Crippen molar-refractivity contribution in [2.45, 2.75) is 18.9 Å². The van der Waals surface area contributed by atoms with Crippen molar-refractivity contribution >= 4 is 0 Å². The molecular formula is C13H17NO3. The van der Waals surface area contributed by atoms with Gasteiger partial charge in [0.15, 0.2) is 11.5 Å². The molecule has 2 aliphatic heterocycles. The first-order valence-electron chi connectivity index (χ1n) is 6.13. The lowest BCUT2D eigenvalue weighted by Crippen LogP contribution is -2.33. The minimum absolute atomic E-state index is 0.278. The van der Waals surface area contributed by atoms with Crippen LogP contribution in [0.25, 0.3) is 0 Å². The maximum absolute atomic E-state index is 10.3. The number of benzene rings is 1. The topological polar surface area (TPSA) is 50.7 Å². The average molecular weight is 235 g/mol. The Bertz CT molecular complexity index is 402. The summed E-state index contributed by atoms with van der Waals surface area (Å²) >= 11 is 0. The van der Waals surface area contributed by atoms with E-state index in [2.05, 4.69) is 5.32 Å². The summed E-state index contributed by atoms with van der Waals surface area (Å²) in [6, 6.07) is 5.69. The highest BCUT2D eigenvalue weighted by molar-refractivity contribution is 5.45. The fraction of sp³-hybridized carbons (Fsp3) is 0.538. The molecule has 0 radical (unpaired) electrons. The van der Waals surface area contributed by atoms with E-state index in [0.29, 0.717) is 5.92 Å². The SMILES string of the molecule is OC(c1ccc2c(c1)OCO2)C1CCCNC1. The van der Waals surface area contributed by atoms with Gasteiger partial charge in [-0.2, -0.15) is 0 Å². The third kappa shape index (κ3) is 2.10. The highest BCUT2D eigenvalue weighted by Gasteiger charge is 2.24. The van der Waals surface area contributed by atoms with Crippen LogP contribution < -0.4 is 14.8 Å². The van der Waals surface area contributed by atoms with Crippen LogP contribution in [0.4, 0.5) is 0 Å². The molecule has 0 bridgehead atoms. The molecule has 2 unspecified atom stereocenters. The lowest BCUT2D eigenvalue weighted by atomic mass is 9.89. The molecule has 2 heterocycles. The summed E-state index contributed by atoms with van der Waals surface area (Å²) in [6.45, 7) is 2.22. The van der Waals surface area contributed by atoms with Crippen molar-refractivity contribution in [2.24, 2.45) is 5.92 Å². The molecule has 3 rings (SSSR count). The number of hydrogen-bond donors (Lipinski definition) is 2.